The molecule has 0 aliphatic carbocycles. The molecule has 0 unspecified atom stereocenters. The fourth-order valence-corrected chi connectivity index (χ4v) is 3.21. The number of rotatable bonds is 5. The van der Waals surface area contributed by atoms with Crippen LogP contribution in [0.5, 0.6) is 0 Å². The van der Waals surface area contributed by atoms with Crippen molar-refractivity contribution in [2.75, 3.05) is 12.4 Å². The largest absolute Gasteiger partial charge is 0.464 e. The summed E-state index contributed by atoms with van der Waals surface area (Å²) in [6.07, 6.45) is 0. The number of aromatic nitrogens is 1. The normalized spacial score (nSPS) is 10.6. The summed E-state index contributed by atoms with van der Waals surface area (Å²) in [5, 5.41) is 5.84. The highest BCUT2D eigenvalue weighted by molar-refractivity contribution is 7.09. The van der Waals surface area contributed by atoms with Crippen molar-refractivity contribution in [3.63, 3.8) is 0 Å². The van der Waals surface area contributed by atoms with E-state index < -0.39 is 5.97 Å². The molecule has 0 saturated carbocycles. The number of methoxy groups -OCH3 is 1. The average molecular weight is 402 g/mol. The molecule has 6 nitrogen and oxygen atoms in total. The average Bonchev–Trinajstić information content (AvgIpc) is 3.02. The van der Waals surface area contributed by atoms with E-state index in [0.29, 0.717) is 20.7 Å². The minimum atomic E-state index is -0.504. The zero-order valence-corrected chi connectivity index (χ0v) is 16.2. The Morgan fingerprint density at radius 3 is 2.68 bits per heavy atom. The van der Waals surface area contributed by atoms with Gasteiger partial charge >= 0.3 is 12.0 Å². The van der Waals surface area contributed by atoms with Gasteiger partial charge < -0.3 is 15.0 Å². The second-order valence-corrected chi connectivity index (χ2v) is 7.18. The number of halogens is 2. The van der Waals surface area contributed by atoms with Gasteiger partial charge in [0.25, 0.3) is 0 Å². The van der Waals surface area contributed by atoms with Crippen molar-refractivity contribution >= 4 is 52.2 Å². The SMILES string of the molecule is COC(=O)c1csc(CN(C(=O)Nc2ccc(Cl)cc2Cl)C(C)C)n1. The lowest BCUT2D eigenvalue weighted by Crippen LogP contribution is -2.39. The van der Waals surface area contributed by atoms with Gasteiger partial charge in [-0.15, -0.1) is 11.3 Å². The van der Waals surface area contributed by atoms with E-state index in [4.69, 9.17) is 23.2 Å². The van der Waals surface area contributed by atoms with Gasteiger partial charge in [0.1, 0.15) is 5.01 Å². The Bertz CT molecular complexity index is 780. The predicted molar refractivity (Wildman–Crippen MR) is 99.6 cm³/mol. The third-order valence-corrected chi connectivity index (χ3v) is 4.69. The first-order chi connectivity index (χ1) is 11.8. The lowest BCUT2D eigenvalue weighted by atomic mass is 10.3. The van der Waals surface area contributed by atoms with Crippen LogP contribution in [0.2, 0.25) is 10.0 Å². The van der Waals surface area contributed by atoms with Crippen molar-refractivity contribution in [1.29, 1.82) is 0 Å². The molecule has 1 aromatic heterocycles. The summed E-state index contributed by atoms with van der Waals surface area (Å²) in [5.41, 5.74) is 0.698. The molecule has 0 saturated heterocycles. The Labute approximate surface area is 159 Å². The van der Waals surface area contributed by atoms with E-state index in [-0.39, 0.29) is 24.3 Å². The molecule has 0 aliphatic rings. The number of nitrogens with one attached hydrogen (secondary N) is 1. The molecule has 0 spiro atoms. The van der Waals surface area contributed by atoms with Crippen molar-refractivity contribution in [2.45, 2.75) is 26.4 Å². The molecule has 0 bridgehead atoms. The molecule has 2 rings (SSSR count). The third kappa shape index (κ3) is 5.07. The monoisotopic (exact) mass is 401 g/mol. The van der Waals surface area contributed by atoms with Crippen molar-refractivity contribution in [3.8, 4) is 0 Å². The standard InChI is InChI=1S/C16H17Cl2N3O3S/c1-9(2)21(7-14-19-13(8-25-14)15(22)24-3)16(23)20-12-5-4-10(17)6-11(12)18/h4-6,8-9H,7H2,1-3H3,(H,20,23). The number of ether oxygens (including phenoxy) is 1. The summed E-state index contributed by atoms with van der Waals surface area (Å²) >= 11 is 13.2. The molecule has 1 N–H and O–H groups in total. The van der Waals surface area contributed by atoms with Crippen LogP contribution in [0.4, 0.5) is 10.5 Å². The second kappa shape index (κ2) is 8.51. The van der Waals surface area contributed by atoms with Gasteiger partial charge in [0, 0.05) is 16.4 Å². The quantitative estimate of drug-likeness (QED) is 0.738. The number of carbonyl (C=O) groups is 2. The molecular weight excluding hydrogens is 385 g/mol. The first-order valence-corrected chi connectivity index (χ1v) is 9.00. The van der Waals surface area contributed by atoms with Gasteiger partial charge in [-0.1, -0.05) is 23.2 Å². The summed E-state index contributed by atoms with van der Waals surface area (Å²) in [5.74, 6) is -0.504. The first kappa shape index (κ1) is 19.5. The molecule has 0 radical (unpaired) electrons. The maximum Gasteiger partial charge on any atom is 0.357 e. The number of benzene rings is 1. The minimum Gasteiger partial charge on any atom is -0.464 e. The highest BCUT2D eigenvalue weighted by Gasteiger charge is 2.21. The van der Waals surface area contributed by atoms with E-state index in [2.05, 4.69) is 15.0 Å². The Morgan fingerprint density at radius 2 is 2.08 bits per heavy atom. The van der Waals surface area contributed by atoms with Crippen molar-refractivity contribution < 1.29 is 14.3 Å². The molecule has 1 heterocycles. The number of thiazole rings is 1. The van der Waals surface area contributed by atoms with Crippen molar-refractivity contribution in [3.05, 3.63) is 44.3 Å². The number of hydrogen-bond acceptors (Lipinski definition) is 5. The number of nitrogens with zero attached hydrogens (tertiary/aromatic N) is 2. The highest BCUT2D eigenvalue weighted by atomic mass is 35.5. The number of urea groups is 1. The second-order valence-electron chi connectivity index (χ2n) is 5.39. The molecule has 2 amide bonds. The third-order valence-electron chi connectivity index (χ3n) is 3.31. The van der Waals surface area contributed by atoms with Gasteiger partial charge in [-0.3, -0.25) is 0 Å². The van der Waals surface area contributed by atoms with Crippen molar-refractivity contribution in [1.82, 2.24) is 9.88 Å². The van der Waals surface area contributed by atoms with Gasteiger partial charge in [-0.25, -0.2) is 14.6 Å². The molecule has 134 valence electrons. The molecule has 25 heavy (non-hydrogen) atoms. The fraction of sp³-hybridized carbons (Fsp3) is 0.312. The summed E-state index contributed by atoms with van der Waals surface area (Å²) in [7, 11) is 1.30. The fourth-order valence-electron chi connectivity index (χ4n) is 1.99. The van der Waals surface area contributed by atoms with Crippen LogP contribution in [-0.2, 0) is 11.3 Å². The van der Waals surface area contributed by atoms with Crippen LogP contribution < -0.4 is 5.32 Å². The molecule has 0 aliphatic heterocycles. The number of esters is 1. The van der Waals surface area contributed by atoms with Gasteiger partial charge in [0.05, 0.1) is 24.4 Å². The van der Waals surface area contributed by atoms with Gasteiger partial charge in [0.15, 0.2) is 5.69 Å². The zero-order valence-electron chi connectivity index (χ0n) is 13.9. The molecule has 9 heteroatoms. The number of hydrogen-bond donors (Lipinski definition) is 1. The van der Waals surface area contributed by atoms with Crippen LogP contribution in [0.3, 0.4) is 0 Å². The van der Waals surface area contributed by atoms with E-state index in [1.54, 1.807) is 28.5 Å². The Kier molecular flexibility index (Phi) is 6.64. The van der Waals surface area contributed by atoms with Crippen molar-refractivity contribution in [2.24, 2.45) is 0 Å². The predicted octanol–water partition coefficient (Wildman–Crippen LogP) is 4.68. The molecule has 2 aromatic rings. The van der Waals surface area contributed by atoms with Gasteiger partial charge in [-0.2, -0.15) is 0 Å². The maximum atomic E-state index is 12.6. The van der Waals surface area contributed by atoms with Crippen LogP contribution >= 0.6 is 34.5 Å². The molecule has 0 fully saturated rings. The summed E-state index contributed by atoms with van der Waals surface area (Å²) in [6.45, 7) is 4.03. The Balaban J connectivity index is 2.13. The highest BCUT2D eigenvalue weighted by Crippen LogP contribution is 2.26. The number of anilines is 1. The van der Waals surface area contributed by atoms with E-state index in [0.717, 1.165) is 0 Å². The van der Waals surface area contributed by atoms with Crippen LogP contribution in [0.15, 0.2) is 23.6 Å². The van der Waals surface area contributed by atoms with Crippen LogP contribution in [-0.4, -0.2) is 35.0 Å². The van der Waals surface area contributed by atoms with Crippen LogP contribution in [0.25, 0.3) is 0 Å². The summed E-state index contributed by atoms with van der Waals surface area (Å²) in [6, 6.07) is 4.43. The van der Waals surface area contributed by atoms with E-state index >= 15 is 0 Å². The first-order valence-electron chi connectivity index (χ1n) is 7.37. The van der Waals surface area contributed by atoms with Gasteiger partial charge in [0.2, 0.25) is 0 Å². The van der Waals surface area contributed by atoms with E-state index in [1.807, 2.05) is 13.8 Å². The topological polar surface area (TPSA) is 71.5 Å². The Morgan fingerprint density at radius 1 is 1.36 bits per heavy atom. The van der Waals surface area contributed by atoms with E-state index in [1.165, 1.54) is 18.4 Å². The lowest BCUT2D eigenvalue weighted by molar-refractivity contribution is 0.0594. The number of amides is 2. The molecule has 1 aromatic carbocycles. The lowest BCUT2D eigenvalue weighted by Gasteiger charge is -2.26. The smallest absolute Gasteiger partial charge is 0.357 e. The summed E-state index contributed by atoms with van der Waals surface area (Å²) < 4.78 is 4.64. The van der Waals surface area contributed by atoms with Gasteiger partial charge in [-0.05, 0) is 32.0 Å². The Hall–Kier alpha value is -1.83. The number of carbonyl (C=O) groups excluding carboxylic acids is 2. The molecule has 0 atom stereocenters. The van der Waals surface area contributed by atoms with E-state index in [9.17, 15) is 9.59 Å². The van der Waals surface area contributed by atoms with Crippen LogP contribution in [0.1, 0.15) is 29.3 Å². The summed E-state index contributed by atoms with van der Waals surface area (Å²) in [4.78, 5) is 29.9. The zero-order chi connectivity index (χ0) is 18.6. The maximum absolute atomic E-state index is 12.6. The molecular formula is C16H17Cl2N3O3S. The minimum absolute atomic E-state index is 0.0865. The van der Waals surface area contributed by atoms with Crippen LogP contribution in [0, 0.1) is 0 Å².